The molecule has 0 aromatic heterocycles. The predicted molar refractivity (Wildman–Crippen MR) is 112 cm³/mol. The zero-order chi connectivity index (χ0) is 22.0. The van der Waals surface area contributed by atoms with Crippen LogP contribution >= 0.6 is 0 Å². The number of hydrogen-bond acceptors (Lipinski definition) is 5. The number of nitrogens with zero attached hydrogens (tertiary/aromatic N) is 2. The highest BCUT2D eigenvalue weighted by atomic mass is 16.5. The Labute approximate surface area is 178 Å². The summed E-state index contributed by atoms with van der Waals surface area (Å²) in [6.07, 6.45) is 0. The van der Waals surface area contributed by atoms with Crippen molar-refractivity contribution in [3.05, 3.63) is 83.4 Å². The smallest absolute Gasteiger partial charge is 0.326 e. The predicted octanol–water partition coefficient (Wildman–Crippen LogP) is 3.22. The zero-order valence-electron chi connectivity index (χ0n) is 16.8. The van der Waals surface area contributed by atoms with E-state index in [1.807, 2.05) is 42.5 Å². The van der Waals surface area contributed by atoms with Crippen LogP contribution in [0.1, 0.15) is 23.6 Å². The second-order valence-corrected chi connectivity index (χ2v) is 7.48. The van der Waals surface area contributed by atoms with E-state index in [2.05, 4.69) is 5.32 Å². The Morgan fingerprint density at radius 2 is 1.77 bits per heavy atom. The third kappa shape index (κ3) is 3.83. The molecular weight excluding hydrogens is 394 g/mol. The van der Waals surface area contributed by atoms with Crippen molar-refractivity contribution in [2.45, 2.75) is 19.1 Å². The SMILES string of the molecule is C[C@]1(c2ccc3ccccc3c2)NC(=O)N(CC(=O)OCc2ccc(C#N)cc2)C1=O. The highest BCUT2D eigenvalue weighted by molar-refractivity contribution is 6.09. The standard InChI is InChI=1S/C24H19N3O4/c1-24(20-11-10-18-4-2-3-5-19(18)12-20)22(29)27(23(30)26-24)14-21(28)31-15-17-8-6-16(13-25)7-9-17/h2-12H,14-15H2,1H3,(H,26,30)/t24-/m1/s1. The molecule has 1 fully saturated rings. The van der Waals surface area contributed by atoms with E-state index < -0.39 is 30.0 Å². The second kappa shape index (κ2) is 7.92. The lowest BCUT2D eigenvalue weighted by molar-refractivity contribution is -0.148. The molecule has 1 N–H and O–H groups in total. The molecule has 7 heteroatoms. The highest BCUT2D eigenvalue weighted by Gasteiger charge is 2.49. The van der Waals surface area contributed by atoms with Gasteiger partial charge in [0.2, 0.25) is 0 Å². The van der Waals surface area contributed by atoms with Crippen LogP contribution in [0.25, 0.3) is 10.8 Å². The summed E-state index contributed by atoms with van der Waals surface area (Å²) in [5.74, 6) is -1.21. The Morgan fingerprint density at radius 3 is 2.48 bits per heavy atom. The molecule has 1 heterocycles. The number of carbonyl (C=O) groups is 3. The number of rotatable bonds is 5. The van der Waals surface area contributed by atoms with Crippen LogP contribution in [-0.2, 0) is 26.5 Å². The van der Waals surface area contributed by atoms with Crippen LogP contribution in [0.5, 0.6) is 0 Å². The van der Waals surface area contributed by atoms with Crippen molar-refractivity contribution in [1.29, 1.82) is 5.26 Å². The molecule has 31 heavy (non-hydrogen) atoms. The van der Waals surface area contributed by atoms with Crippen LogP contribution in [0.15, 0.2) is 66.7 Å². The molecule has 3 aromatic rings. The number of ether oxygens (including phenoxy) is 1. The number of nitrogens with one attached hydrogen (secondary N) is 1. The lowest BCUT2D eigenvalue weighted by atomic mass is 9.90. The van der Waals surface area contributed by atoms with Gasteiger partial charge in [0.1, 0.15) is 18.7 Å². The maximum absolute atomic E-state index is 13.1. The van der Waals surface area contributed by atoms with E-state index in [9.17, 15) is 14.4 Å². The van der Waals surface area contributed by atoms with Gasteiger partial charge in [-0.05, 0) is 47.0 Å². The van der Waals surface area contributed by atoms with Crippen molar-refractivity contribution in [2.75, 3.05) is 6.54 Å². The molecule has 0 radical (unpaired) electrons. The fourth-order valence-corrected chi connectivity index (χ4v) is 3.55. The van der Waals surface area contributed by atoms with Gasteiger partial charge in [-0.3, -0.25) is 14.5 Å². The number of fused-ring (bicyclic) bond motifs is 1. The Balaban J connectivity index is 1.45. The van der Waals surface area contributed by atoms with Crippen LogP contribution in [0.4, 0.5) is 4.79 Å². The number of urea groups is 1. The summed E-state index contributed by atoms with van der Waals surface area (Å²) < 4.78 is 5.20. The topological polar surface area (TPSA) is 99.5 Å². The van der Waals surface area contributed by atoms with Gasteiger partial charge in [-0.15, -0.1) is 0 Å². The fourth-order valence-electron chi connectivity index (χ4n) is 3.55. The summed E-state index contributed by atoms with van der Waals surface area (Å²) in [5.41, 5.74) is 0.570. The molecule has 0 bridgehead atoms. The fraction of sp³-hybridized carbons (Fsp3) is 0.167. The maximum Gasteiger partial charge on any atom is 0.326 e. The number of benzene rings is 3. The van der Waals surface area contributed by atoms with Crippen molar-refractivity contribution < 1.29 is 19.1 Å². The van der Waals surface area contributed by atoms with Crippen molar-refractivity contribution >= 4 is 28.7 Å². The van der Waals surface area contributed by atoms with Crippen LogP contribution in [0, 0.1) is 11.3 Å². The molecule has 154 valence electrons. The molecule has 3 amide bonds. The van der Waals surface area contributed by atoms with Crippen molar-refractivity contribution in [3.63, 3.8) is 0 Å². The normalized spacial score (nSPS) is 18.0. The molecule has 0 spiro atoms. The molecule has 3 aromatic carbocycles. The van der Waals surface area contributed by atoms with E-state index in [1.165, 1.54) is 0 Å². The first-order valence-electron chi connectivity index (χ1n) is 9.69. The van der Waals surface area contributed by atoms with Gasteiger partial charge in [0, 0.05) is 0 Å². The van der Waals surface area contributed by atoms with Crippen LogP contribution in [-0.4, -0.2) is 29.4 Å². The summed E-state index contributed by atoms with van der Waals surface area (Å²) in [7, 11) is 0. The average Bonchev–Trinajstić information content (AvgIpc) is 3.01. The lowest BCUT2D eigenvalue weighted by Gasteiger charge is -2.22. The Kier molecular flexibility index (Phi) is 5.14. The average molecular weight is 413 g/mol. The highest BCUT2D eigenvalue weighted by Crippen LogP contribution is 2.31. The summed E-state index contributed by atoms with van der Waals surface area (Å²) >= 11 is 0. The Hall–Kier alpha value is -4.18. The van der Waals surface area contributed by atoms with Gasteiger partial charge in [-0.25, -0.2) is 4.79 Å². The van der Waals surface area contributed by atoms with Crippen LogP contribution < -0.4 is 5.32 Å². The lowest BCUT2D eigenvalue weighted by Crippen LogP contribution is -2.41. The van der Waals surface area contributed by atoms with Gasteiger partial charge in [0.15, 0.2) is 0 Å². The molecular formula is C24H19N3O4. The van der Waals surface area contributed by atoms with E-state index in [0.717, 1.165) is 15.7 Å². The van der Waals surface area contributed by atoms with Gasteiger partial charge >= 0.3 is 12.0 Å². The molecule has 1 aliphatic heterocycles. The van der Waals surface area contributed by atoms with Gasteiger partial charge in [0.25, 0.3) is 5.91 Å². The number of imide groups is 1. The van der Waals surface area contributed by atoms with Crippen molar-refractivity contribution in [1.82, 2.24) is 10.2 Å². The molecule has 7 nitrogen and oxygen atoms in total. The molecule has 1 aliphatic rings. The Bertz CT molecular complexity index is 1230. The molecule has 0 unspecified atom stereocenters. The third-order valence-electron chi connectivity index (χ3n) is 5.37. The van der Waals surface area contributed by atoms with E-state index in [1.54, 1.807) is 37.3 Å². The first kappa shape index (κ1) is 20.1. The van der Waals surface area contributed by atoms with Crippen molar-refractivity contribution in [2.24, 2.45) is 0 Å². The van der Waals surface area contributed by atoms with Gasteiger partial charge in [-0.1, -0.05) is 48.5 Å². The summed E-state index contributed by atoms with van der Waals surface area (Å²) in [6, 6.07) is 21.2. The Morgan fingerprint density at radius 1 is 1.06 bits per heavy atom. The van der Waals surface area contributed by atoms with Gasteiger partial charge in [0.05, 0.1) is 11.6 Å². The van der Waals surface area contributed by atoms with E-state index in [-0.39, 0.29) is 6.61 Å². The number of esters is 1. The van der Waals surface area contributed by atoms with E-state index >= 15 is 0 Å². The van der Waals surface area contributed by atoms with E-state index in [0.29, 0.717) is 16.7 Å². The minimum absolute atomic E-state index is 0.0177. The maximum atomic E-state index is 13.1. The minimum atomic E-state index is -1.27. The number of amides is 3. The van der Waals surface area contributed by atoms with Crippen LogP contribution in [0.2, 0.25) is 0 Å². The second-order valence-electron chi connectivity index (χ2n) is 7.48. The molecule has 0 aliphatic carbocycles. The van der Waals surface area contributed by atoms with E-state index in [4.69, 9.17) is 10.00 Å². The van der Waals surface area contributed by atoms with Crippen molar-refractivity contribution in [3.8, 4) is 6.07 Å². The number of nitriles is 1. The minimum Gasteiger partial charge on any atom is -0.459 e. The van der Waals surface area contributed by atoms with Gasteiger partial charge in [-0.2, -0.15) is 5.26 Å². The summed E-state index contributed by atoms with van der Waals surface area (Å²) in [4.78, 5) is 38.7. The molecule has 1 saturated heterocycles. The molecule has 0 saturated carbocycles. The third-order valence-corrected chi connectivity index (χ3v) is 5.37. The molecule has 4 rings (SSSR count). The zero-order valence-corrected chi connectivity index (χ0v) is 16.8. The number of carbonyl (C=O) groups excluding carboxylic acids is 3. The van der Waals surface area contributed by atoms with Crippen LogP contribution in [0.3, 0.4) is 0 Å². The molecule has 1 atom stereocenters. The number of hydrogen-bond donors (Lipinski definition) is 1. The summed E-state index contributed by atoms with van der Waals surface area (Å²) in [6.45, 7) is 1.12. The first-order chi connectivity index (χ1) is 14.9. The first-order valence-corrected chi connectivity index (χ1v) is 9.69. The van der Waals surface area contributed by atoms with Gasteiger partial charge < -0.3 is 10.1 Å². The largest absolute Gasteiger partial charge is 0.459 e. The monoisotopic (exact) mass is 413 g/mol. The summed E-state index contributed by atoms with van der Waals surface area (Å²) in [5, 5.41) is 13.5. The quantitative estimate of drug-likeness (QED) is 0.511.